The van der Waals surface area contributed by atoms with Crippen molar-refractivity contribution in [1.82, 2.24) is 4.90 Å². The van der Waals surface area contributed by atoms with Crippen molar-refractivity contribution in [3.63, 3.8) is 0 Å². The van der Waals surface area contributed by atoms with Crippen molar-refractivity contribution in [3.8, 4) is 0 Å². The summed E-state index contributed by atoms with van der Waals surface area (Å²) in [4.78, 5) is 25.9. The molecule has 1 N–H and O–H groups in total. The van der Waals surface area contributed by atoms with Gasteiger partial charge in [0, 0.05) is 30.5 Å². The third kappa shape index (κ3) is 3.81. The summed E-state index contributed by atoms with van der Waals surface area (Å²) in [5, 5.41) is 10.2. The molecule has 1 saturated heterocycles. The van der Waals surface area contributed by atoms with E-state index in [9.17, 15) is 14.7 Å². The Labute approximate surface area is 147 Å². The number of aliphatic carboxylic acids is 1. The van der Waals surface area contributed by atoms with Crippen molar-refractivity contribution in [3.05, 3.63) is 46.5 Å². The van der Waals surface area contributed by atoms with E-state index in [2.05, 4.69) is 6.08 Å². The first-order valence-corrected chi connectivity index (χ1v) is 8.86. The molecule has 0 bridgehead atoms. The molecule has 3 rings (SSSR count). The number of hydrogen-bond donors (Lipinski definition) is 1. The summed E-state index contributed by atoms with van der Waals surface area (Å²) in [5.41, 5.74) is 2.13. The predicted molar refractivity (Wildman–Crippen MR) is 93.1 cm³/mol. The van der Waals surface area contributed by atoms with E-state index in [1.165, 1.54) is 12.0 Å². The van der Waals surface area contributed by atoms with Gasteiger partial charge in [-0.1, -0.05) is 35.4 Å². The number of nitrogens with zero attached hydrogens (tertiary/aromatic N) is 1. The molecule has 1 amide bonds. The molecule has 2 aliphatic rings. The van der Waals surface area contributed by atoms with Crippen LogP contribution in [-0.4, -0.2) is 35.0 Å². The molecule has 0 saturated carbocycles. The van der Waals surface area contributed by atoms with Crippen molar-refractivity contribution < 1.29 is 14.7 Å². The van der Waals surface area contributed by atoms with E-state index in [4.69, 9.17) is 11.6 Å². The summed E-state index contributed by atoms with van der Waals surface area (Å²) < 4.78 is 0. The number of carbonyl (C=O) groups excluding carboxylic acids is 1. The normalized spacial score (nSPS) is 23.9. The van der Waals surface area contributed by atoms with Gasteiger partial charge in [-0.05, 0) is 43.4 Å². The maximum atomic E-state index is 12.6. The number of rotatable bonds is 4. The zero-order valence-corrected chi connectivity index (χ0v) is 14.3. The van der Waals surface area contributed by atoms with E-state index in [-0.39, 0.29) is 18.4 Å². The van der Waals surface area contributed by atoms with Crippen molar-refractivity contribution in [2.75, 3.05) is 13.1 Å². The van der Waals surface area contributed by atoms with Gasteiger partial charge in [0.25, 0.3) is 0 Å². The first kappa shape index (κ1) is 17.0. The summed E-state index contributed by atoms with van der Waals surface area (Å²) in [6, 6.07) is 7.27. The van der Waals surface area contributed by atoms with E-state index in [0.717, 1.165) is 24.8 Å². The molecule has 0 radical (unpaired) electrons. The van der Waals surface area contributed by atoms with E-state index in [0.29, 0.717) is 18.0 Å². The average molecular weight is 348 g/mol. The standard InChI is InChI=1S/C19H22ClNO3/c20-15-8-6-14(7-9-15)16-11-21(12-17(16)19(23)24)18(22)10-13-4-2-1-3-5-13/h4,6-9,16-17H,1-3,5,10-12H2,(H,23,24)/t16-,17+/m0/s1. The molecular weight excluding hydrogens is 326 g/mol. The average Bonchev–Trinajstić information content (AvgIpc) is 3.02. The second-order valence-corrected chi connectivity index (χ2v) is 7.12. The van der Waals surface area contributed by atoms with E-state index in [1.54, 1.807) is 17.0 Å². The molecule has 1 heterocycles. The molecule has 2 atom stereocenters. The molecule has 4 nitrogen and oxygen atoms in total. The summed E-state index contributed by atoms with van der Waals surface area (Å²) >= 11 is 5.92. The lowest BCUT2D eigenvalue weighted by atomic mass is 9.89. The molecule has 1 aliphatic carbocycles. The number of carbonyl (C=O) groups is 2. The quantitative estimate of drug-likeness (QED) is 0.841. The summed E-state index contributed by atoms with van der Waals surface area (Å²) in [6.45, 7) is 0.749. The second kappa shape index (κ2) is 7.39. The van der Waals surface area contributed by atoms with Gasteiger partial charge < -0.3 is 10.0 Å². The van der Waals surface area contributed by atoms with Gasteiger partial charge in [-0.2, -0.15) is 0 Å². The summed E-state index contributed by atoms with van der Waals surface area (Å²) in [6.07, 6.45) is 6.98. The number of benzene rings is 1. The third-order valence-corrected chi connectivity index (χ3v) is 5.30. The van der Waals surface area contributed by atoms with Crippen LogP contribution >= 0.6 is 11.6 Å². The lowest BCUT2D eigenvalue weighted by molar-refractivity contribution is -0.141. The smallest absolute Gasteiger partial charge is 0.308 e. The second-order valence-electron chi connectivity index (χ2n) is 6.69. The fourth-order valence-electron chi connectivity index (χ4n) is 3.68. The van der Waals surface area contributed by atoms with Crippen LogP contribution in [0, 0.1) is 5.92 Å². The van der Waals surface area contributed by atoms with Gasteiger partial charge in [0.15, 0.2) is 0 Å². The largest absolute Gasteiger partial charge is 0.481 e. The molecule has 0 unspecified atom stereocenters. The zero-order valence-electron chi connectivity index (χ0n) is 13.6. The Kier molecular flexibility index (Phi) is 5.24. The highest BCUT2D eigenvalue weighted by molar-refractivity contribution is 6.30. The Balaban J connectivity index is 1.72. The minimum absolute atomic E-state index is 0.0471. The molecular formula is C19H22ClNO3. The first-order chi connectivity index (χ1) is 11.5. The van der Waals surface area contributed by atoms with Crippen LogP contribution in [0.5, 0.6) is 0 Å². The van der Waals surface area contributed by atoms with E-state index >= 15 is 0 Å². The topological polar surface area (TPSA) is 57.6 Å². The van der Waals surface area contributed by atoms with Crippen molar-refractivity contribution >= 4 is 23.5 Å². The Hall–Kier alpha value is -1.81. The molecule has 1 aliphatic heterocycles. The van der Waals surface area contributed by atoms with Crippen molar-refractivity contribution in [2.24, 2.45) is 5.92 Å². The van der Waals surface area contributed by atoms with Crippen LogP contribution in [-0.2, 0) is 9.59 Å². The van der Waals surface area contributed by atoms with Gasteiger partial charge in [-0.25, -0.2) is 0 Å². The highest BCUT2D eigenvalue weighted by Gasteiger charge is 2.40. The highest BCUT2D eigenvalue weighted by Crippen LogP contribution is 2.34. The molecule has 1 aromatic carbocycles. The fourth-order valence-corrected chi connectivity index (χ4v) is 3.80. The van der Waals surface area contributed by atoms with Gasteiger partial charge >= 0.3 is 5.97 Å². The van der Waals surface area contributed by atoms with Gasteiger partial charge in [-0.3, -0.25) is 9.59 Å². The maximum absolute atomic E-state index is 12.6. The Morgan fingerprint density at radius 2 is 1.92 bits per heavy atom. The van der Waals surface area contributed by atoms with Crippen LogP contribution in [0.15, 0.2) is 35.9 Å². The van der Waals surface area contributed by atoms with Crippen LogP contribution in [0.25, 0.3) is 0 Å². The first-order valence-electron chi connectivity index (χ1n) is 8.48. The van der Waals surface area contributed by atoms with Crippen molar-refractivity contribution in [2.45, 2.75) is 38.0 Å². The number of halogens is 1. The van der Waals surface area contributed by atoms with Gasteiger partial charge in [0.2, 0.25) is 5.91 Å². The molecule has 0 aromatic heterocycles. The zero-order chi connectivity index (χ0) is 17.1. The van der Waals surface area contributed by atoms with Crippen molar-refractivity contribution in [1.29, 1.82) is 0 Å². The number of amides is 1. The molecule has 1 fully saturated rings. The predicted octanol–water partition coefficient (Wildman–Crippen LogP) is 3.86. The van der Waals surface area contributed by atoms with Crippen LogP contribution in [0.2, 0.25) is 5.02 Å². The third-order valence-electron chi connectivity index (χ3n) is 5.05. The lowest BCUT2D eigenvalue weighted by Crippen LogP contribution is -2.30. The molecule has 128 valence electrons. The summed E-state index contributed by atoms with van der Waals surface area (Å²) in [7, 11) is 0. The van der Waals surface area contributed by atoms with Gasteiger partial charge in [0.1, 0.15) is 0 Å². The van der Waals surface area contributed by atoms with Crippen LogP contribution in [0.4, 0.5) is 0 Å². The maximum Gasteiger partial charge on any atom is 0.308 e. The number of carboxylic acids is 1. The number of hydrogen-bond acceptors (Lipinski definition) is 2. The van der Waals surface area contributed by atoms with E-state index < -0.39 is 11.9 Å². The number of allylic oxidation sites excluding steroid dienone is 1. The van der Waals surface area contributed by atoms with Gasteiger partial charge in [-0.15, -0.1) is 0 Å². The number of likely N-dealkylation sites (tertiary alicyclic amines) is 1. The van der Waals surface area contributed by atoms with Gasteiger partial charge in [0.05, 0.1) is 5.92 Å². The SMILES string of the molecule is O=C(O)[C@@H]1CN(C(=O)CC2=CCCCC2)C[C@H]1c1ccc(Cl)cc1. The lowest BCUT2D eigenvalue weighted by Gasteiger charge is -2.19. The van der Waals surface area contributed by atoms with Crippen LogP contribution in [0.1, 0.15) is 43.6 Å². The monoisotopic (exact) mass is 347 g/mol. The minimum Gasteiger partial charge on any atom is -0.481 e. The minimum atomic E-state index is -0.845. The molecule has 1 aromatic rings. The fraction of sp³-hybridized carbons (Fsp3) is 0.474. The van der Waals surface area contributed by atoms with E-state index in [1.807, 2.05) is 12.1 Å². The van der Waals surface area contributed by atoms with Crippen LogP contribution in [0.3, 0.4) is 0 Å². The molecule has 5 heteroatoms. The Morgan fingerprint density at radius 3 is 2.54 bits per heavy atom. The molecule has 0 spiro atoms. The molecule has 24 heavy (non-hydrogen) atoms. The Bertz CT molecular complexity index is 653. The highest BCUT2D eigenvalue weighted by atomic mass is 35.5. The Morgan fingerprint density at radius 1 is 1.17 bits per heavy atom. The van der Waals surface area contributed by atoms with Crippen LogP contribution < -0.4 is 0 Å². The summed E-state index contributed by atoms with van der Waals surface area (Å²) in [5.74, 6) is -1.53. The number of carboxylic acid groups (broad SMARTS) is 1.